The van der Waals surface area contributed by atoms with E-state index in [1.54, 1.807) is 35.6 Å². The third kappa shape index (κ3) is 4.97. The Labute approximate surface area is 208 Å². The molecule has 0 fully saturated rings. The van der Waals surface area contributed by atoms with Gasteiger partial charge in [0.25, 0.3) is 5.91 Å². The van der Waals surface area contributed by atoms with Crippen molar-refractivity contribution in [1.29, 1.82) is 0 Å². The Morgan fingerprint density at radius 1 is 1.00 bits per heavy atom. The normalized spacial score (nSPS) is 20.1. The Kier molecular flexibility index (Phi) is 6.38. The molecule has 3 heterocycles. The van der Waals surface area contributed by atoms with E-state index in [2.05, 4.69) is 11.1 Å². The van der Waals surface area contributed by atoms with Gasteiger partial charge in [-0.15, -0.1) is 11.3 Å². The second kappa shape index (κ2) is 9.47. The predicted molar refractivity (Wildman–Crippen MR) is 136 cm³/mol. The lowest BCUT2D eigenvalue weighted by Gasteiger charge is -2.38. The Morgan fingerprint density at radius 3 is 2.31 bits per heavy atom. The zero-order chi connectivity index (χ0) is 24.6. The molecule has 2 aromatic carbocycles. The number of carbonyl (C=O) groups is 1. The van der Waals surface area contributed by atoms with Gasteiger partial charge in [0.1, 0.15) is 23.9 Å². The second-order valence-electron chi connectivity index (χ2n) is 9.42. The van der Waals surface area contributed by atoms with Crippen LogP contribution in [0.5, 0.6) is 0 Å². The Hall–Kier alpha value is -3.16. The fourth-order valence-electron chi connectivity index (χ4n) is 4.91. The summed E-state index contributed by atoms with van der Waals surface area (Å²) in [6.07, 6.45) is 5.76. The van der Waals surface area contributed by atoms with Crippen molar-refractivity contribution in [3.05, 3.63) is 99.0 Å². The smallest absolute Gasteiger partial charge is 0.278 e. The maximum Gasteiger partial charge on any atom is 0.278 e. The van der Waals surface area contributed by atoms with Crippen LogP contribution in [0.3, 0.4) is 0 Å². The molecular formula is C28H28F2N3OS+. The van der Waals surface area contributed by atoms with E-state index >= 15 is 0 Å². The van der Waals surface area contributed by atoms with Gasteiger partial charge < -0.3 is 4.90 Å². The molecule has 0 bridgehead atoms. The van der Waals surface area contributed by atoms with Crippen LogP contribution >= 0.6 is 11.3 Å². The highest BCUT2D eigenvalue weighted by atomic mass is 32.1. The van der Waals surface area contributed by atoms with Crippen LogP contribution in [0, 0.1) is 18.6 Å². The standard InChI is InChI=1S/C28H28F2N3OS/c1-19-31-25-11-14-32(15-12-27(25)35-19)28(34)18-33(2)16-13-22(20-3-7-23(29)8-4-20)17-26(33)21-5-9-24(30)10-6-21/h3-10,13,17H,11-12,14-16,18H2,1-2H3/q+1. The summed E-state index contributed by atoms with van der Waals surface area (Å²) in [6, 6.07) is 12.8. The van der Waals surface area contributed by atoms with Crippen molar-refractivity contribution in [2.45, 2.75) is 19.8 Å². The summed E-state index contributed by atoms with van der Waals surface area (Å²) in [4.78, 5) is 21.4. The number of carbonyl (C=O) groups excluding carboxylic acids is 1. The molecule has 0 aliphatic carbocycles. The summed E-state index contributed by atoms with van der Waals surface area (Å²) in [5, 5.41) is 1.08. The van der Waals surface area contributed by atoms with Crippen molar-refractivity contribution in [2.75, 3.05) is 33.2 Å². The second-order valence-corrected chi connectivity index (χ2v) is 10.7. The van der Waals surface area contributed by atoms with E-state index in [0.717, 1.165) is 45.9 Å². The molecule has 0 saturated heterocycles. The molecule has 35 heavy (non-hydrogen) atoms. The third-order valence-corrected chi connectivity index (χ3v) is 7.93. The Balaban J connectivity index is 1.41. The average molecular weight is 493 g/mol. The van der Waals surface area contributed by atoms with Crippen LogP contribution in [0.2, 0.25) is 0 Å². The minimum absolute atomic E-state index is 0.103. The van der Waals surface area contributed by atoms with Crippen molar-refractivity contribution in [2.24, 2.45) is 0 Å². The van der Waals surface area contributed by atoms with Gasteiger partial charge >= 0.3 is 0 Å². The molecule has 1 aromatic heterocycles. The van der Waals surface area contributed by atoms with Crippen molar-refractivity contribution < 1.29 is 18.1 Å². The van der Waals surface area contributed by atoms with Gasteiger partial charge in [-0.05, 0) is 60.5 Å². The van der Waals surface area contributed by atoms with Crippen LogP contribution in [0.15, 0.2) is 60.7 Å². The van der Waals surface area contributed by atoms with Crippen molar-refractivity contribution in [3.63, 3.8) is 0 Å². The number of fused-ring (bicyclic) bond motifs is 1. The molecule has 3 aromatic rings. The van der Waals surface area contributed by atoms with Gasteiger partial charge in [0.05, 0.1) is 17.7 Å². The number of allylic oxidation sites excluding steroid dienone is 2. The molecule has 0 radical (unpaired) electrons. The van der Waals surface area contributed by atoms with Gasteiger partial charge in [-0.3, -0.25) is 9.28 Å². The number of rotatable bonds is 4. The number of hydrogen-bond donors (Lipinski definition) is 0. The van der Waals surface area contributed by atoms with E-state index < -0.39 is 0 Å². The number of hydrogen-bond acceptors (Lipinski definition) is 3. The lowest BCUT2D eigenvalue weighted by Crippen LogP contribution is -2.51. The van der Waals surface area contributed by atoms with Gasteiger partial charge in [-0.2, -0.15) is 0 Å². The van der Waals surface area contributed by atoms with Gasteiger partial charge in [0.15, 0.2) is 6.54 Å². The first kappa shape index (κ1) is 23.6. The molecular weight excluding hydrogens is 464 g/mol. The first-order valence-electron chi connectivity index (χ1n) is 11.8. The molecule has 0 N–H and O–H groups in total. The quantitative estimate of drug-likeness (QED) is 0.467. The summed E-state index contributed by atoms with van der Waals surface area (Å²) in [7, 11) is 2.05. The number of halogens is 2. The summed E-state index contributed by atoms with van der Waals surface area (Å²) >= 11 is 1.73. The number of quaternary nitrogens is 1. The number of thiazole rings is 1. The molecule has 0 spiro atoms. The van der Waals surface area contributed by atoms with Crippen LogP contribution in [0.4, 0.5) is 8.78 Å². The molecule has 180 valence electrons. The highest BCUT2D eigenvalue weighted by Crippen LogP contribution is 2.34. The van der Waals surface area contributed by atoms with Crippen molar-refractivity contribution in [1.82, 2.24) is 9.88 Å². The van der Waals surface area contributed by atoms with E-state index in [4.69, 9.17) is 0 Å². The van der Waals surface area contributed by atoms with E-state index in [-0.39, 0.29) is 17.5 Å². The predicted octanol–water partition coefficient (Wildman–Crippen LogP) is 5.24. The van der Waals surface area contributed by atoms with Crippen LogP contribution in [-0.2, 0) is 17.6 Å². The number of nitrogens with zero attached hydrogens (tertiary/aromatic N) is 3. The van der Waals surface area contributed by atoms with E-state index in [9.17, 15) is 13.6 Å². The monoisotopic (exact) mass is 492 g/mol. The maximum absolute atomic E-state index is 13.7. The maximum atomic E-state index is 13.7. The third-order valence-electron chi connectivity index (χ3n) is 6.85. The van der Waals surface area contributed by atoms with E-state index in [1.165, 1.54) is 29.1 Å². The number of aromatic nitrogens is 1. The Bertz CT molecular complexity index is 1290. The summed E-state index contributed by atoms with van der Waals surface area (Å²) in [6.45, 7) is 4.29. The minimum atomic E-state index is -0.300. The lowest BCUT2D eigenvalue weighted by atomic mass is 9.96. The highest BCUT2D eigenvalue weighted by Gasteiger charge is 2.36. The van der Waals surface area contributed by atoms with Crippen LogP contribution in [0.1, 0.15) is 26.7 Å². The molecule has 5 rings (SSSR count). The van der Waals surface area contributed by atoms with Crippen LogP contribution in [-0.4, -0.2) is 53.5 Å². The largest absolute Gasteiger partial charge is 0.337 e. The minimum Gasteiger partial charge on any atom is -0.337 e. The van der Waals surface area contributed by atoms with Gasteiger partial charge in [-0.25, -0.2) is 13.8 Å². The van der Waals surface area contributed by atoms with Crippen LogP contribution in [0.25, 0.3) is 11.3 Å². The molecule has 1 atom stereocenters. The first-order valence-corrected chi connectivity index (χ1v) is 12.6. The Morgan fingerprint density at radius 2 is 1.63 bits per heavy atom. The molecule has 0 saturated carbocycles. The molecule has 1 amide bonds. The van der Waals surface area contributed by atoms with Gasteiger partial charge in [0.2, 0.25) is 0 Å². The first-order chi connectivity index (χ1) is 16.8. The lowest BCUT2D eigenvalue weighted by molar-refractivity contribution is -0.825. The summed E-state index contributed by atoms with van der Waals surface area (Å²) < 4.78 is 27.5. The molecule has 4 nitrogen and oxygen atoms in total. The van der Waals surface area contributed by atoms with Gasteiger partial charge in [0, 0.05) is 42.4 Å². The zero-order valence-electron chi connectivity index (χ0n) is 19.9. The molecule has 1 unspecified atom stereocenters. The van der Waals surface area contributed by atoms with Crippen molar-refractivity contribution in [3.8, 4) is 0 Å². The van der Waals surface area contributed by atoms with Gasteiger partial charge in [-0.1, -0.05) is 12.1 Å². The van der Waals surface area contributed by atoms with Crippen LogP contribution < -0.4 is 0 Å². The number of benzene rings is 2. The average Bonchev–Trinajstić information content (AvgIpc) is 3.08. The number of likely N-dealkylation sites (N-methyl/N-ethyl adjacent to an activating group) is 1. The fraction of sp³-hybridized carbons (Fsp3) is 0.286. The van der Waals surface area contributed by atoms with Crippen molar-refractivity contribution >= 4 is 28.5 Å². The summed E-state index contributed by atoms with van der Waals surface area (Å²) in [5.74, 6) is -0.479. The van der Waals surface area contributed by atoms with E-state index in [1.807, 2.05) is 24.9 Å². The topological polar surface area (TPSA) is 33.2 Å². The number of amides is 1. The molecule has 2 aliphatic rings. The number of aryl methyl sites for hydroxylation is 1. The molecule has 2 aliphatic heterocycles. The molecule has 7 heteroatoms. The SMILES string of the molecule is Cc1nc2c(s1)CCN(C(=O)C[N+]1(C)CC=C(c3ccc(F)cc3)C=C1c1ccc(F)cc1)CC2. The highest BCUT2D eigenvalue weighted by molar-refractivity contribution is 7.11. The fourth-order valence-corrected chi connectivity index (χ4v) is 5.88. The summed E-state index contributed by atoms with van der Waals surface area (Å²) in [5.41, 5.74) is 4.80. The zero-order valence-corrected chi connectivity index (χ0v) is 20.7. The van der Waals surface area contributed by atoms with E-state index in [0.29, 0.717) is 30.7 Å².